The lowest BCUT2D eigenvalue weighted by Gasteiger charge is -2.73. The third-order valence-electron chi connectivity index (χ3n) is 11.8. The highest BCUT2D eigenvalue weighted by molar-refractivity contribution is 5.83. The normalized spacial score (nSPS) is 47.7. The zero-order valence-corrected chi connectivity index (χ0v) is 20.6. The molecule has 0 spiro atoms. The van der Waals surface area contributed by atoms with Crippen molar-refractivity contribution >= 4 is 11.9 Å². The van der Waals surface area contributed by atoms with Gasteiger partial charge < -0.3 is 10.0 Å². The second kappa shape index (κ2) is 6.89. The standard InChI is InChI=1S/C30H39NO3/c1-31(17-20-5-3-2-4-6-20)25(32)27-9-21-7-22(10-27)14-29(13-21,18-27)30-15-23-8-24(16-30)12-28(11-23,19-30)26(33)34/h2-6,21-24H,7-19H2,1H3,(H,33,34). The van der Waals surface area contributed by atoms with Gasteiger partial charge in [-0.05, 0) is 117 Å². The van der Waals surface area contributed by atoms with Gasteiger partial charge in [-0.3, -0.25) is 9.59 Å². The van der Waals surface area contributed by atoms with Crippen molar-refractivity contribution in [2.75, 3.05) is 7.05 Å². The van der Waals surface area contributed by atoms with Crippen LogP contribution in [0, 0.1) is 45.3 Å². The zero-order valence-electron chi connectivity index (χ0n) is 20.6. The summed E-state index contributed by atoms with van der Waals surface area (Å²) in [5, 5.41) is 10.4. The Balaban J connectivity index is 1.23. The molecule has 8 fully saturated rings. The first-order chi connectivity index (χ1) is 16.2. The molecule has 0 radical (unpaired) electrons. The van der Waals surface area contributed by atoms with Crippen LogP contribution in [0.1, 0.15) is 82.6 Å². The maximum Gasteiger partial charge on any atom is 0.309 e. The molecule has 4 nitrogen and oxygen atoms in total. The molecule has 8 bridgehead atoms. The van der Waals surface area contributed by atoms with Crippen molar-refractivity contribution in [1.29, 1.82) is 0 Å². The van der Waals surface area contributed by atoms with Crippen LogP contribution in [0.25, 0.3) is 0 Å². The van der Waals surface area contributed by atoms with Crippen molar-refractivity contribution in [1.82, 2.24) is 4.90 Å². The van der Waals surface area contributed by atoms with E-state index in [0.717, 1.165) is 38.5 Å². The predicted octanol–water partition coefficient (Wildman–Crippen LogP) is 5.90. The molecule has 8 aliphatic carbocycles. The second-order valence-corrected chi connectivity index (χ2v) is 14.0. The summed E-state index contributed by atoms with van der Waals surface area (Å²) in [7, 11) is 2.00. The number of aliphatic carboxylic acids is 1. The molecule has 1 aromatic rings. The molecule has 0 aliphatic heterocycles. The van der Waals surface area contributed by atoms with Crippen molar-refractivity contribution in [2.24, 2.45) is 45.3 Å². The topological polar surface area (TPSA) is 57.6 Å². The average molecular weight is 462 g/mol. The third kappa shape index (κ3) is 2.83. The molecule has 1 amide bonds. The molecule has 182 valence electrons. The Hall–Kier alpha value is -1.84. The fourth-order valence-corrected chi connectivity index (χ4v) is 11.6. The number of nitrogens with zero attached hydrogens (tertiary/aromatic N) is 1. The predicted molar refractivity (Wildman–Crippen MR) is 130 cm³/mol. The molecule has 0 heterocycles. The van der Waals surface area contributed by atoms with Crippen LogP contribution in [0.15, 0.2) is 30.3 Å². The van der Waals surface area contributed by atoms with Gasteiger partial charge in [-0.2, -0.15) is 0 Å². The summed E-state index contributed by atoms with van der Waals surface area (Å²) in [4.78, 5) is 28.8. The molecule has 9 rings (SSSR count). The fourth-order valence-electron chi connectivity index (χ4n) is 11.6. The molecule has 8 saturated carbocycles. The van der Waals surface area contributed by atoms with Gasteiger partial charge in [-0.1, -0.05) is 30.3 Å². The van der Waals surface area contributed by atoms with E-state index in [-0.39, 0.29) is 16.2 Å². The monoisotopic (exact) mass is 461 g/mol. The van der Waals surface area contributed by atoms with E-state index in [9.17, 15) is 14.7 Å². The van der Waals surface area contributed by atoms with Crippen molar-refractivity contribution in [2.45, 2.75) is 83.6 Å². The average Bonchev–Trinajstić information content (AvgIpc) is 2.77. The lowest BCUT2D eigenvalue weighted by molar-refractivity contribution is -0.240. The quantitative estimate of drug-likeness (QED) is 0.594. The number of hydrogen-bond acceptors (Lipinski definition) is 2. The molecule has 0 saturated heterocycles. The van der Waals surface area contributed by atoms with Crippen LogP contribution in [0.4, 0.5) is 0 Å². The van der Waals surface area contributed by atoms with Crippen LogP contribution < -0.4 is 0 Å². The van der Waals surface area contributed by atoms with Gasteiger partial charge in [-0.15, -0.1) is 0 Å². The van der Waals surface area contributed by atoms with Gasteiger partial charge in [0.1, 0.15) is 0 Å². The van der Waals surface area contributed by atoms with E-state index in [0.29, 0.717) is 36.1 Å². The summed E-state index contributed by atoms with van der Waals surface area (Å²) >= 11 is 0. The summed E-state index contributed by atoms with van der Waals surface area (Å²) < 4.78 is 0. The minimum atomic E-state index is -0.524. The van der Waals surface area contributed by atoms with Gasteiger partial charge in [0.2, 0.25) is 5.91 Å². The van der Waals surface area contributed by atoms with E-state index >= 15 is 0 Å². The molecule has 8 aliphatic rings. The molecule has 34 heavy (non-hydrogen) atoms. The van der Waals surface area contributed by atoms with Gasteiger partial charge in [0.05, 0.1) is 10.8 Å². The Kier molecular flexibility index (Phi) is 4.34. The molecule has 0 aromatic heterocycles. The number of carboxylic acid groups (broad SMARTS) is 1. The zero-order chi connectivity index (χ0) is 23.3. The van der Waals surface area contributed by atoms with E-state index in [1.807, 2.05) is 18.0 Å². The van der Waals surface area contributed by atoms with Crippen molar-refractivity contribution < 1.29 is 14.7 Å². The lowest BCUT2D eigenvalue weighted by atomic mass is 9.31. The first-order valence-electron chi connectivity index (χ1n) is 13.8. The van der Waals surface area contributed by atoms with E-state index in [2.05, 4.69) is 24.3 Å². The molecule has 4 heteroatoms. The molecule has 1 N–H and O–H groups in total. The Morgan fingerprint density at radius 1 is 0.794 bits per heavy atom. The van der Waals surface area contributed by atoms with Crippen LogP contribution in [0.5, 0.6) is 0 Å². The van der Waals surface area contributed by atoms with Gasteiger partial charge in [0.25, 0.3) is 0 Å². The van der Waals surface area contributed by atoms with Gasteiger partial charge >= 0.3 is 5.97 Å². The molecule has 4 unspecified atom stereocenters. The summed E-state index contributed by atoms with van der Waals surface area (Å²) in [6, 6.07) is 10.4. The molecular formula is C30H39NO3. The molecule has 4 atom stereocenters. The fraction of sp³-hybridized carbons (Fsp3) is 0.733. The van der Waals surface area contributed by atoms with Crippen LogP contribution in [0.2, 0.25) is 0 Å². The highest BCUT2D eigenvalue weighted by atomic mass is 16.4. The van der Waals surface area contributed by atoms with Crippen molar-refractivity contribution in [3.05, 3.63) is 35.9 Å². The Labute approximate surface area is 203 Å². The van der Waals surface area contributed by atoms with E-state index < -0.39 is 11.4 Å². The smallest absolute Gasteiger partial charge is 0.309 e. The minimum Gasteiger partial charge on any atom is -0.481 e. The molecular weight excluding hydrogens is 422 g/mol. The summed E-state index contributed by atoms with van der Waals surface area (Å²) in [5.41, 5.74) is 0.861. The number of hydrogen-bond donors (Lipinski definition) is 1. The number of amides is 1. The van der Waals surface area contributed by atoms with Gasteiger partial charge in [0, 0.05) is 13.6 Å². The highest BCUT2D eigenvalue weighted by Gasteiger charge is 2.72. The number of carbonyl (C=O) groups excluding carboxylic acids is 1. The summed E-state index contributed by atoms with van der Waals surface area (Å²) in [6.07, 6.45) is 13.4. The van der Waals surface area contributed by atoms with Crippen LogP contribution in [-0.4, -0.2) is 28.9 Å². The van der Waals surface area contributed by atoms with Crippen LogP contribution in [-0.2, 0) is 16.1 Å². The van der Waals surface area contributed by atoms with Crippen molar-refractivity contribution in [3.63, 3.8) is 0 Å². The van der Waals surface area contributed by atoms with E-state index in [1.165, 1.54) is 44.1 Å². The van der Waals surface area contributed by atoms with Crippen LogP contribution in [0.3, 0.4) is 0 Å². The summed E-state index contributed by atoms with van der Waals surface area (Å²) in [6.45, 7) is 0.682. The maximum absolute atomic E-state index is 14.2. The Morgan fingerprint density at radius 2 is 1.26 bits per heavy atom. The SMILES string of the molecule is CN(Cc1ccccc1)C(=O)C12CC3CC(C1)CC(C14CC5CC(CC(C(=O)O)(C5)C1)C4)(C3)C2. The number of benzene rings is 1. The highest BCUT2D eigenvalue weighted by Crippen LogP contribution is 2.78. The number of rotatable bonds is 5. The molecule has 1 aromatic carbocycles. The first kappa shape index (κ1) is 21.4. The van der Waals surface area contributed by atoms with Gasteiger partial charge in [0.15, 0.2) is 0 Å². The Morgan fingerprint density at radius 3 is 1.76 bits per heavy atom. The lowest BCUT2D eigenvalue weighted by Crippen LogP contribution is -2.67. The minimum absolute atomic E-state index is 0.163. The van der Waals surface area contributed by atoms with Crippen LogP contribution >= 0.6 is 0 Å². The third-order valence-corrected chi connectivity index (χ3v) is 11.8. The summed E-state index contributed by atoms with van der Waals surface area (Å²) in [5.74, 6) is 2.35. The number of carboxylic acids is 1. The van der Waals surface area contributed by atoms with E-state index in [1.54, 1.807) is 0 Å². The first-order valence-corrected chi connectivity index (χ1v) is 13.8. The van der Waals surface area contributed by atoms with Crippen molar-refractivity contribution in [3.8, 4) is 0 Å². The largest absolute Gasteiger partial charge is 0.481 e. The Bertz CT molecular complexity index is 1000. The van der Waals surface area contributed by atoms with E-state index in [4.69, 9.17) is 0 Å². The maximum atomic E-state index is 14.2. The van der Waals surface area contributed by atoms with Gasteiger partial charge in [-0.25, -0.2) is 0 Å². The number of carbonyl (C=O) groups is 2. The second-order valence-electron chi connectivity index (χ2n) is 14.0.